The van der Waals surface area contributed by atoms with Crippen LogP contribution < -0.4 is 0 Å². The summed E-state index contributed by atoms with van der Waals surface area (Å²) in [6, 6.07) is 8.58. The summed E-state index contributed by atoms with van der Waals surface area (Å²) in [7, 11) is 0. The molecule has 0 fully saturated rings. The summed E-state index contributed by atoms with van der Waals surface area (Å²) in [6.45, 7) is 0. The molecular formula is C15H9Cl2NO2. The van der Waals surface area contributed by atoms with Crippen LogP contribution in [0.4, 0.5) is 0 Å². The average molecular weight is 306 g/mol. The fraction of sp³-hybridized carbons (Fsp3) is 0. The van der Waals surface area contributed by atoms with Crippen molar-refractivity contribution in [2.24, 2.45) is 0 Å². The molecule has 2 N–H and O–H groups in total. The van der Waals surface area contributed by atoms with Crippen LogP contribution in [0.3, 0.4) is 0 Å². The Morgan fingerprint density at radius 3 is 2.65 bits per heavy atom. The minimum Gasteiger partial charge on any atom is -0.506 e. The summed E-state index contributed by atoms with van der Waals surface area (Å²) < 4.78 is 0. The summed E-state index contributed by atoms with van der Waals surface area (Å²) in [6.07, 6.45) is 2.29. The summed E-state index contributed by atoms with van der Waals surface area (Å²) in [4.78, 5) is 14.1. The van der Waals surface area contributed by atoms with Gasteiger partial charge in [-0.2, -0.15) is 0 Å². The van der Waals surface area contributed by atoms with Crippen molar-refractivity contribution in [3.8, 4) is 16.9 Å². The number of carbonyl (C=O) groups excluding carboxylic acids is 1. The van der Waals surface area contributed by atoms with Gasteiger partial charge in [0.25, 0.3) is 0 Å². The third-order valence-electron chi connectivity index (χ3n) is 3.21. The van der Waals surface area contributed by atoms with Crippen molar-refractivity contribution < 1.29 is 9.90 Å². The van der Waals surface area contributed by atoms with Gasteiger partial charge in [-0.15, -0.1) is 0 Å². The maximum atomic E-state index is 11.2. The molecule has 3 nitrogen and oxygen atoms in total. The number of fused-ring (bicyclic) bond motifs is 1. The van der Waals surface area contributed by atoms with E-state index in [1.807, 2.05) is 6.07 Å². The van der Waals surface area contributed by atoms with Gasteiger partial charge in [0.05, 0.1) is 15.6 Å². The van der Waals surface area contributed by atoms with E-state index in [2.05, 4.69) is 4.98 Å². The Bertz CT molecular complexity index is 824. The number of H-pyrrole nitrogens is 1. The predicted octanol–water partition coefficient (Wildman–Crippen LogP) is 4.66. The normalized spacial score (nSPS) is 10.9. The molecule has 1 aromatic heterocycles. The number of hydrogen-bond acceptors (Lipinski definition) is 2. The van der Waals surface area contributed by atoms with Gasteiger partial charge >= 0.3 is 0 Å². The van der Waals surface area contributed by atoms with E-state index in [1.54, 1.807) is 30.5 Å². The van der Waals surface area contributed by atoms with E-state index in [0.717, 1.165) is 11.8 Å². The molecule has 0 saturated carbocycles. The molecule has 0 aliphatic carbocycles. The van der Waals surface area contributed by atoms with E-state index < -0.39 is 0 Å². The number of aromatic amines is 1. The Morgan fingerprint density at radius 2 is 1.90 bits per heavy atom. The average Bonchev–Trinajstić information content (AvgIpc) is 2.88. The molecule has 3 aromatic rings. The van der Waals surface area contributed by atoms with E-state index in [1.165, 1.54) is 0 Å². The fourth-order valence-electron chi connectivity index (χ4n) is 2.29. The smallest absolute Gasteiger partial charge is 0.152 e. The van der Waals surface area contributed by atoms with Gasteiger partial charge in [0.15, 0.2) is 6.29 Å². The molecule has 2 aromatic carbocycles. The molecule has 100 valence electrons. The van der Waals surface area contributed by atoms with Crippen molar-refractivity contribution >= 4 is 40.4 Å². The first-order valence-electron chi connectivity index (χ1n) is 5.86. The zero-order valence-electron chi connectivity index (χ0n) is 10.2. The second-order valence-corrected chi connectivity index (χ2v) is 5.13. The first kappa shape index (κ1) is 13.0. The number of nitrogens with one attached hydrogen (secondary N) is 1. The number of aldehydes is 1. The molecule has 0 radical (unpaired) electrons. The standard InChI is InChI=1S/C15H9Cl2NO2/c16-11-3-1-2-10(14(11)17)9-4-5-12(20)15-13(9)8(7-19)6-18-15/h1-7,18,20H. The maximum absolute atomic E-state index is 11.2. The highest BCUT2D eigenvalue weighted by Crippen LogP contribution is 2.40. The van der Waals surface area contributed by atoms with Crippen molar-refractivity contribution in [2.45, 2.75) is 0 Å². The molecular weight excluding hydrogens is 297 g/mol. The van der Waals surface area contributed by atoms with Gasteiger partial charge in [-0.05, 0) is 23.8 Å². The lowest BCUT2D eigenvalue weighted by atomic mass is 9.99. The molecule has 5 heteroatoms. The number of aromatic nitrogens is 1. The molecule has 1 heterocycles. The van der Waals surface area contributed by atoms with Crippen LogP contribution in [0.25, 0.3) is 22.0 Å². The number of phenols is 1. The predicted molar refractivity (Wildman–Crippen MR) is 80.8 cm³/mol. The van der Waals surface area contributed by atoms with Crippen LogP contribution in [0.5, 0.6) is 5.75 Å². The Balaban J connectivity index is 2.42. The van der Waals surface area contributed by atoms with Crippen molar-refractivity contribution in [1.29, 1.82) is 0 Å². The Kier molecular flexibility index (Phi) is 3.16. The van der Waals surface area contributed by atoms with Crippen LogP contribution in [-0.4, -0.2) is 16.4 Å². The van der Waals surface area contributed by atoms with Crippen LogP contribution in [0, 0.1) is 0 Å². The molecule has 0 atom stereocenters. The van der Waals surface area contributed by atoms with E-state index in [-0.39, 0.29) is 5.75 Å². The van der Waals surface area contributed by atoms with Crippen molar-refractivity contribution in [3.05, 3.63) is 52.1 Å². The summed E-state index contributed by atoms with van der Waals surface area (Å²) in [5.74, 6) is 0.0787. The minimum absolute atomic E-state index is 0.0787. The first-order valence-corrected chi connectivity index (χ1v) is 6.61. The molecule has 0 bridgehead atoms. The van der Waals surface area contributed by atoms with Crippen molar-refractivity contribution in [3.63, 3.8) is 0 Å². The molecule has 0 amide bonds. The molecule has 3 rings (SSSR count). The summed E-state index contributed by atoms with van der Waals surface area (Å²) >= 11 is 12.3. The van der Waals surface area contributed by atoms with Crippen LogP contribution in [0.15, 0.2) is 36.5 Å². The first-order chi connectivity index (χ1) is 9.63. The van der Waals surface area contributed by atoms with Crippen LogP contribution in [0.2, 0.25) is 10.0 Å². The Labute approximate surface area is 124 Å². The van der Waals surface area contributed by atoms with Gasteiger partial charge in [0.2, 0.25) is 0 Å². The second-order valence-electron chi connectivity index (χ2n) is 4.35. The topological polar surface area (TPSA) is 53.1 Å². The number of halogens is 2. The second kappa shape index (κ2) is 4.85. The third kappa shape index (κ3) is 1.87. The van der Waals surface area contributed by atoms with E-state index in [9.17, 15) is 9.90 Å². The number of carbonyl (C=O) groups is 1. The lowest BCUT2D eigenvalue weighted by Crippen LogP contribution is -1.85. The van der Waals surface area contributed by atoms with Crippen molar-refractivity contribution in [1.82, 2.24) is 4.98 Å². The van der Waals surface area contributed by atoms with Crippen molar-refractivity contribution in [2.75, 3.05) is 0 Å². The SMILES string of the molecule is O=Cc1c[nH]c2c(O)ccc(-c3cccc(Cl)c3Cl)c12. The van der Waals surface area contributed by atoms with Crippen LogP contribution >= 0.6 is 23.2 Å². The lowest BCUT2D eigenvalue weighted by Gasteiger charge is -2.09. The van der Waals surface area contributed by atoms with Gasteiger partial charge in [0.1, 0.15) is 5.75 Å². The maximum Gasteiger partial charge on any atom is 0.152 e. The number of benzene rings is 2. The highest BCUT2D eigenvalue weighted by Gasteiger charge is 2.15. The van der Waals surface area contributed by atoms with Gasteiger partial charge in [-0.1, -0.05) is 35.3 Å². The van der Waals surface area contributed by atoms with Gasteiger partial charge in [-0.25, -0.2) is 0 Å². The molecule has 0 unspecified atom stereocenters. The van der Waals surface area contributed by atoms with Crippen LogP contribution in [-0.2, 0) is 0 Å². The van der Waals surface area contributed by atoms with E-state index in [4.69, 9.17) is 23.2 Å². The van der Waals surface area contributed by atoms with Gasteiger partial charge in [-0.3, -0.25) is 4.79 Å². The zero-order chi connectivity index (χ0) is 14.3. The lowest BCUT2D eigenvalue weighted by molar-refractivity contribution is 0.112. The highest BCUT2D eigenvalue weighted by molar-refractivity contribution is 6.44. The monoisotopic (exact) mass is 305 g/mol. The summed E-state index contributed by atoms with van der Waals surface area (Å²) in [5, 5.41) is 11.4. The number of rotatable bonds is 2. The fourth-order valence-corrected chi connectivity index (χ4v) is 2.69. The third-order valence-corrected chi connectivity index (χ3v) is 4.03. The molecule has 0 aliphatic heterocycles. The Hall–Kier alpha value is -1.97. The van der Waals surface area contributed by atoms with Gasteiger partial charge in [0, 0.05) is 22.7 Å². The molecule has 0 spiro atoms. The molecule has 20 heavy (non-hydrogen) atoms. The minimum atomic E-state index is 0.0787. The number of aromatic hydroxyl groups is 1. The van der Waals surface area contributed by atoms with E-state index in [0.29, 0.717) is 32.1 Å². The molecule has 0 saturated heterocycles. The van der Waals surface area contributed by atoms with Crippen LogP contribution in [0.1, 0.15) is 10.4 Å². The van der Waals surface area contributed by atoms with E-state index >= 15 is 0 Å². The molecule has 0 aliphatic rings. The van der Waals surface area contributed by atoms with Gasteiger partial charge < -0.3 is 10.1 Å². The Morgan fingerprint density at radius 1 is 1.10 bits per heavy atom. The summed E-state index contributed by atoms with van der Waals surface area (Å²) in [5.41, 5.74) is 2.42. The quantitative estimate of drug-likeness (QED) is 0.677. The number of phenolic OH excluding ortho intramolecular Hbond substituents is 1. The number of hydrogen-bond donors (Lipinski definition) is 2. The zero-order valence-corrected chi connectivity index (χ0v) is 11.7. The highest BCUT2D eigenvalue weighted by atomic mass is 35.5. The largest absolute Gasteiger partial charge is 0.506 e.